The Balaban J connectivity index is 2.23. The van der Waals surface area contributed by atoms with Gasteiger partial charge in [0.2, 0.25) is 0 Å². The highest BCUT2D eigenvalue weighted by Crippen LogP contribution is 2.21. The molecule has 0 radical (unpaired) electrons. The zero-order chi connectivity index (χ0) is 14.4. The third-order valence-electron chi connectivity index (χ3n) is 2.91. The van der Waals surface area contributed by atoms with Crippen molar-refractivity contribution in [1.82, 2.24) is 5.32 Å². The topological polar surface area (TPSA) is 38.3 Å². The van der Waals surface area contributed by atoms with Gasteiger partial charge in [0.1, 0.15) is 5.82 Å². The van der Waals surface area contributed by atoms with E-state index in [9.17, 15) is 9.18 Å². The number of rotatable bonds is 5. The maximum atomic E-state index is 13.8. The minimum Gasteiger partial charge on any atom is -0.383 e. The second-order valence-electron chi connectivity index (χ2n) is 4.31. The van der Waals surface area contributed by atoms with E-state index in [0.29, 0.717) is 13.2 Å². The van der Waals surface area contributed by atoms with Gasteiger partial charge >= 0.3 is 0 Å². The van der Waals surface area contributed by atoms with Crippen LogP contribution in [0.5, 0.6) is 0 Å². The van der Waals surface area contributed by atoms with E-state index < -0.39 is 11.7 Å². The molecule has 104 valence electrons. The number of ether oxygens (including phenoxy) is 1. The lowest BCUT2D eigenvalue weighted by atomic mass is 10.0. The molecule has 1 amide bonds. The Morgan fingerprint density at radius 1 is 1.15 bits per heavy atom. The molecule has 0 unspecified atom stereocenters. The molecule has 0 atom stereocenters. The number of amides is 1. The molecule has 0 saturated heterocycles. The standard InChI is InChI=1S/C16H16FNO2/c1-20-10-9-18-16(19)14-11-13(7-8-15(14)17)12-5-3-2-4-6-12/h2-8,11H,9-10H2,1H3,(H,18,19). The highest BCUT2D eigenvalue weighted by Gasteiger charge is 2.12. The van der Waals surface area contributed by atoms with E-state index in [1.165, 1.54) is 6.07 Å². The first-order chi connectivity index (χ1) is 9.72. The fourth-order valence-corrected chi connectivity index (χ4v) is 1.87. The summed E-state index contributed by atoms with van der Waals surface area (Å²) in [6.45, 7) is 0.746. The highest BCUT2D eigenvalue weighted by atomic mass is 19.1. The number of carbonyl (C=O) groups is 1. The number of hydrogen-bond donors (Lipinski definition) is 1. The number of carbonyl (C=O) groups excluding carboxylic acids is 1. The van der Waals surface area contributed by atoms with Gasteiger partial charge in [-0.25, -0.2) is 4.39 Å². The summed E-state index contributed by atoms with van der Waals surface area (Å²) in [6, 6.07) is 14.1. The van der Waals surface area contributed by atoms with Crippen molar-refractivity contribution in [3.8, 4) is 11.1 Å². The molecule has 3 nitrogen and oxygen atoms in total. The Bertz CT molecular complexity index is 584. The summed E-state index contributed by atoms with van der Waals surface area (Å²) in [5.41, 5.74) is 1.80. The number of nitrogens with one attached hydrogen (secondary N) is 1. The number of halogens is 1. The van der Waals surface area contributed by atoms with Gasteiger partial charge in [0, 0.05) is 13.7 Å². The van der Waals surface area contributed by atoms with Crippen molar-refractivity contribution in [2.24, 2.45) is 0 Å². The van der Waals surface area contributed by atoms with Crippen LogP contribution in [0.4, 0.5) is 4.39 Å². The van der Waals surface area contributed by atoms with Crippen molar-refractivity contribution < 1.29 is 13.9 Å². The van der Waals surface area contributed by atoms with Crippen molar-refractivity contribution in [3.05, 3.63) is 59.9 Å². The highest BCUT2D eigenvalue weighted by molar-refractivity contribution is 5.95. The van der Waals surface area contributed by atoms with Crippen LogP contribution in [0.25, 0.3) is 11.1 Å². The van der Waals surface area contributed by atoms with E-state index >= 15 is 0 Å². The summed E-state index contributed by atoms with van der Waals surface area (Å²) < 4.78 is 18.6. The van der Waals surface area contributed by atoms with E-state index in [2.05, 4.69) is 5.32 Å². The van der Waals surface area contributed by atoms with Gasteiger partial charge in [-0.15, -0.1) is 0 Å². The molecule has 0 spiro atoms. The molecule has 2 rings (SSSR count). The quantitative estimate of drug-likeness (QED) is 0.851. The van der Waals surface area contributed by atoms with E-state index in [0.717, 1.165) is 11.1 Å². The summed E-state index contributed by atoms with van der Waals surface area (Å²) >= 11 is 0. The lowest BCUT2D eigenvalue weighted by molar-refractivity contribution is 0.0933. The molecule has 2 aromatic rings. The van der Waals surface area contributed by atoms with Crippen molar-refractivity contribution in [3.63, 3.8) is 0 Å². The Morgan fingerprint density at radius 2 is 1.90 bits per heavy atom. The normalized spacial score (nSPS) is 10.3. The number of methoxy groups -OCH3 is 1. The largest absolute Gasteiger partial charge is 0.383 e. The summed E-state index contributed by atoms with van der Waals surface area (Å²) in [7, 11) is 1.54. The predicted octanol–water partition coefficient (Wildman–Crippen LogP) is 2.87. The Kier molecular flexibility index (Phi) is 4.85. The lowest BCUT2D eigenvalue weighted by Crippen LogP contribution is -2.27. The molecule has 0 fully saturated rings. The van der Waals surface area contributed by atoms with Crippen molar-refractivity contribution in [2.75, 3.05) is 20.3 Å². The fourth-order valence-electron chi connectivity index (χ4n) is 1.87. The summed E-state index contributed by atoms with van der Waals surface area (Å²) in [4.78, 5) is 11.9. The first-order valence-corrected chi connectivity index (χ1v) is 6.34. The second kappa shape index (κ2) is 6.82. The Labute approximate surface area is 117 Å². The van der Waals surface area contributed by atoms with E-state index in [1.807, 2.05) is 30.3 Å². The summed E-state index contributed by atoms with van der Waals surface area (Å²) in [5, 5.41) is 2.62. The van der Waals surface area contributed by atoms with Crippen LogP contribution < -0.4 is 5.32 Å². The number of hydrogen-bond acceptors (Lipinski definition) is 2. The van der Waals surface area contributed by atoms with Gasteiger partial charge in [0.05, 0.1) is 12.2 Å². The fraction of sp³-hybridized carbons (Fsp3) is 0.188. The molecule has 20 heavy (non-hydrogen) atoms. The van der Waals surface area contributed by atoms with Gasteiger partial charge in [0.15, 0.2) is 0 Å². The van der Waals surface area contributed by atoms with E-state index in [4.69, 9.17) is 4.74 Å². The molecule has 2 aromatic carbocycles. The molecule has 0 aromatic heterocycles. The van der Waals surface area contributed by atoms with Crippen molar-refractivity contribution >= 4 is 5.91 Å². The molecular weight excluding hydrogens is 257 g/mol. The molecule has 0 aliphatic carbocycles. The van der Waals surface area contributed by atoms with E-state index in [1.54, 1.807) is 19.2 Å². The molecule has 1 N–H and O–H groups in total. The van der Waals surface area contributed by atoms with Crippen LogP contribution in [0.15, 0.2) is 48.5 Å². The minimum absolute atomic E-state index is 0.0439. The van der Waals surface area contributed by atoms with Crippen LogP contribution in [-0.2, 0) is 4.74 Å². The zero-order valence-electron chi connectivity index (χ0n) is 11.2. The Morgan fingerprint density at radius 3 is 2.60 bits per heavy atom. The van der Waals surface area contributed by atoms with Crippen LogP contribution >= 0.6 is 0 Å². The summed E-state index contributed by atoms with van der Waals surface area (Å²) in [6.07, 6.45) is 0. The van der Waals surface area contributed by atoms with Crippen LogP contribution in [0.1, 0.15) is 10.4 Å². The second-order valence-corrected chi connectivity index (χ2v) is 4.31. The molecule has 0 saturated carbocycles. The van der Waals surface area contributed by atoms with Gasteiger partial charge in [-0.1, -0.05) is 36.4 Å². The van der Waals surface area contributed by atoms with Crippen molar-refractivity contribution in [1.29, 1.82) is 0 Å². The van der Waals surface area contributed by atoms with Crippen LogP contribution in [-0.4, -0.2) is 26.2 Å². The predicted molar refractivity (Wildman–Crippen MR) is 76.0 cm³/mol. The van der Waals surface area contributed by atoms with Crippen LogP contribution in [0.2, 0.25) is 0 Å². The molecule has 0 bridgehead atoms. The third-order valence-corrected chi connectivity index (χ3v) is 2.91. The van der Waals surface area contributed by atoms with Gasteiger partial charge in [-0.3, -0.25) is 4.79 Å². The number of benzene rings is 2. The van der Waals surface area contributed by atoms with Crippen LogP contribution in [0, 0.1) is 5.82 Å². The lowest BCUT2D eigenvalue weighted by Gasteiger charge is -2.08. The maximum Gasteiger partial charge on any atom is 0.254 e. The monoisotopic (exact) mass is 273 g/mol. The van der Waals surface area contributed by atoms with Gasteiger partial charge in [0.25, 0.3) is 5.91 Å². The SMILES string of the molecule is COCCNC(=O)c1cc(-c2ccccc2)ccc1F. The third kappa shape index (κ3) is 3.42. The molecule has 0 aliphatic heterocycles. The zero-order valence-corrected chi connectivity index (χ0v) is 11.2. The molecular formula is C16H16FNO2. The first-order valence-electron chi connectivity index (χ1n) is 6.34. The van der Waals surface area contributed by atoms with Gasteiger partial charge < -0.3 is 10.1 Å². The Hall–Kier alpha value is -2.20. The molecule has 4 heteroatoms. The average molecular weight is 273 g/mol. The smallest absolute Gasteiger partial charge is 0.254 e. The van der Waals surface area contributed by atoms with Gasteiger partial charge in [-0.2, -0.15) is 0 Å². The molecule has 0 aliphatic rings. The first kappa shape index (κ1) is 14.2. The van der Waals surface area contributed by atoms with Crippen LogP contribution in [0.3, 0.4) is 0 Å². The van der Waals surface area contributed by atoms with Crippen molar-refractivity contribution in [2.45, 2.75) is 0 Å². The maximum absolute atomic E-state index is 13.8. The summed E-state index contributed by atoms with van der Waals surface area (Å²) in [5.74, 6) is -0.961. The minimum atomic E-state index is -0.528. The average Bonchev–Trinajstić information content (AvgIpc) is 2.49. The van der Waals surface area contributed by atoms with Gasteiger partial charge in [-0.05, 0) is 23.3 Å². The molecule has 0 heterocycles. The van der Waals surface area contributed by atoms with E-state index in [-0.39, 0.29) is 5.56 Å².